The largest absolute Gasteiger partial charge is 0.348 e. The summed E-state index contributed by atoms with van der Waals surface area (Å²) in [7, 11) is 3.54. The zero-order chi connectivity index (χ0) is 17.8. The van der Waals surface area contributed by atoms with Crippen molar-refractivity contribution in [3.05, 3.63) is 29.8 Å². The molecule has 134 valence electrons. The molecule has 2 aromatic rings. The van der Waals surface area contributed by atoms with E-state index >= 15 is 0 Å². The average Bonchev–Trinajstić information content (AvgIpc) is 3.05. The Morgan fingerprint density at radius 2 is 1.80 bits per heavy atom. The standard InChI is InChI=1S/C18H25N5OS/c1-14-7-9-15(10-8-14)23-17(22-11-5-4-6-12-22)19-20-18(23)25-13-16(24)21(2)3/h7-10H,4-6,11-13H2,1-3H3. The summed E-state index contributed by atoms with van der Waals surface area (Å²) >= 11 is 1.44. The number of hydrogen-bond donors (Lipinski definition) is 0. The molecule has 2 heterocycles. The number of aromatic nitrogens is 3. The number of carbonyl (C=O) groups is 1. The number of nitrogens with zero attached hydrogens (tertiary/aromatic N) is 5. The first kappa shape index (κ1) is 17.8. The van der Waals surface area contributed by atoms with E-state index in [0.29, 0.717) is 5.75 Å². The molecule has 0 radical (unpaired) electrons. The van der Waals surface area contributed by atoms with Crippen LogP contribution in [0.4, 0.5) is 5.95 Å². The summed E-state index contributed by atoms with van der Waals surface area (Å²) in [6.45, 7) is 4.09. The predicted molar refractivity (Wildman–Crippen MR) is 102 cm³/mol. The molecule has 1 aromatic heterocycles. The van der Waals surface area contributed by atoms with Gasteiger partial charge in [-0.2, -0.15) is 0 Å². The van der Waals surface area contributed by atoms with Gasteiger partial charge in [-0.25, -0.2) is 0 Å². The molecule has 1 aromatic carbocycles. The van der Waals surface area contributed by atoms with Crippen LogP contribution in [0, 0.1) is 6.92 Å². The van der Waals surface area contributed by atoms with Crippen molar-refractivity contribution in [2.75, 3.05) is 37.8 Å². The van der Waals surface area contributed by atoms with Gasteiger partial charge in [0.2, 0.25) is 11.9 Å². The lowest BCUT2D eigenvalue weighted by molar-refractivity contribution is -0.125. The smallest absolute Gasteiger partial charge is 0.232 e. The van der Waals surface area contributed by atoms with Crippen LogP contribution in [0.3, 0.4) is 0 Å². The van der Waals surface area contributed by atoms with Crippen LogP contribution in [0.1, 0.15) is 24.8 Å². The first-order valence-corrected chi connectivity index (χ1v) is 9.65. The SMILES string of the molecule is Cc1ccc(-n2c(SCC(=O)N(C)C)nnc2N2CCCCC2)cc1. The Labute approximate surface area is 153 Å². The van der Waals surface area contributed by atoms with Gasteiger partial charge < -0.3 is 9.80 Å². The van der Waals surface area contributed by atoms with Crippen molar-refractivity contribution >= 4 is 23.6 Å². The highest BCUT2D eigenvalue weighted by Crippen LogP contribution is 2.28. The number of carbonyl (C=O) groups excluding carboxylic acids is 1. The number of piperidine rings is 1. The van der Waals surface area contributed by atoms with Crippen LogP contribution in [0.2, 0.25) is 0 Å². The molecule has 0 aliphatic carbocycles. The molecule has 0 spiro atoms. The number of anilines is 1. The lowest BCUT2D eigenvalue weighted by atomic mass is 10.1. The topological polar surface area (TPSA) is 54.3 Å². The van der Waals surface area contributed by atoms with Gasteiger partial charge in [-0.15, -0.1) is 10.2 Å². The highest BCUT2D eigenvalue weighted by Gasteiger charge is 2.22. The minimum absolute atomic E-state index is 0.0722. The first-order chi connectivity index (χ1) is 12.1. The third kappa shape index (κ3) is 4.15. The zero-order valence-electron chi connectivity index (χ0n) is 15.1. The summed E-state index contributed by atoms with van der Waals surface area (Å²) in [4.78, 5) is 15.9. The summed E-state index contributed by atoms with van der Waals surface area (Å²) < 4.78 is 2.08. The van der Waals surface area contributed by atoms with E-state index < -0.39 is 0 Å². The number of benzene rings is 1. The Bertz CT molecular complexity index is 720. The highest BCUT2D eigenvalue weighted by atomic mass is 32.2. The van der Waals surface area contributed by atoms with Crippen LogP contribution in [0.5, 0.6) is 0 Å². The molecule has 0 bridgehead atoms. The second-order valence-corrected chi connectivity index (χ2v) is 7.52. The van der Waals surface area contributed by atoms with E-state index in [4.69, 9.17) is 0 Å². The number of hydrogen-bond acceptors (Lipinski definition) is 5. The molecule has 1 amide bonds. The van der Waals surface area contributed by atoms with Crippen molar-refractivity contribution in [2.45, 2.75) is 31.3 Å². The Hall–Kier alpha value is -2.02. The molecule has 0 N–H and O–H groups in total. The Balaban J connectivity index is 1.92. The number of rotatable bonds is 5. The lowest BCUT2D eigenvalue weighted by Crippen LogP contribution is -2.31. The summed E-state index contributed by atoms with van der Waals surface area (Å²) in [5.74, 6) is 1.31. The van der Waals surface area contributed by atoms with Gasteiger partial charge >= 0.3 is 0 Å². The van der Waals surface area contributed by atoms with Crippen molar-refractivity contribution in [2.24, 2.45) is 0 Å². The minimum atomic E-state index is 0.0722. The van der Waals surface area contributed by atoms with Crippen molar-refractivity contribution in [3.63, 3.8) is 0 Å². The monoisotopic (exact) mass is 359 g/mol. The highest BCUT2D eigenvalue weighted by molar-refractivity contribution is 7.99. The van der Waals surface area contributed by atoms with Crippen LogP contribution >= 0.6 is 11.8 Å². The third-order valence-corrected chi connectivity index (χ3v) is 5.28. The molecule has 0 atom stereocenters. The second kappa shape index (κ2) is 7.91. The maximum absolute atomic E-state index is 12.0. The van der Waals surface area contributed by atoms with E-state index in [1.807, 2.05) is 0 Å². The summed E-state index contributed by atoms with van der Waals surface area (Å²) in [5, 5.41) is 9.60. The molecule has 25 heavy (non-hydrogen) atoms. The van der Waals surface area contributed by atoms with E-state index in [1.165, 1.54) is 36.6 Å². The van der Waals surface area contributed by atoms with Crippen LogP contribution in [0.25, 0.3) is 5.69 Å². The minimum Gasteiger partial charge on any atom is -0.348 e. The van der Waals surface area contributed by atoms with Gasteiger partial charge in [0.1, 0.15) is 0 Å². The van der Waals surface area contributed by atoms with Gasteiger partial charge in [-0.1, -0.05) is 29.5 Å². The van der Waals surface area contributed by atoms with Crippen molar-refractivity contribution < 1.29 is 4.79 Å². The van der Waals surface area contributed by atoms with Gasteiger partial charge in [0.25, 0.3) is 0 Å². The first-order valence-electron chi connectivity index (χ1n) is 8.66. The molecule has 0 saturated carbocycles. The third-order valence-electron chi connectivity index (χ3n) is 4.37. The molecule has 1 aliphatic rings. The van der Waals surface area contributed by atoms with Gasteiger partial charge in [-0.3, -0.25) is 9.36 Å². The number of aryl methyl sites for hydroxylation is 1. The van der Waals surface area contributed by atoms with Crippen LogP contribution < -0.4 is 4.90 Å². The van der Waals surface area contributed by atoms with E-state index in [1.54, 1.807) is 19.0 Å². The van der Waals surface area contributed by atoms with E-state index in [9.17, 15) is 4.79 Å². The quantitative estimate of drug-likeness (QED) is 0.769. The number of amides is 1. The van der Waals surface area contributed by atoms with Crippen molar-refractivity contribution in [1.29, 1.82) is 0 Å². The van der Waals surface area contributed by atoms with Crippen LogP contribution in [0.15, 0.2) is 29.4 Å². The summed E-state index contributed by atoms with van der Waals surface area (Å²) in [6, 6.07) is 8.36. The summed E-state index contributed by atoms with van der Waals surface area (Å²) in [6.07, 6.45) is 3.64. The Morgan fingerprint density at radius 3 is 2.44 bits per heavy atom. The summed E-state index contributed by atoms with van der Waals surface area (Å²) in [5.41, 5.74) is 2.25. The fraction of sp³-hybridized carbons (Fsp3) is 0.500. The van der Waals surface area contributed by atoms with Gasteiger partial charge in [0, 0.05) is 27.2 Å². The second-order valence-electron chi connectivity index (χ2n) is 6.58. The van der Waals surface area contributed by atoms with E-state index in [0.717, 1.165) is 29.9 Å². The normalized spacial score (nSPS) is 14.6. The van der Waals surface area contributed by atoms with Gasteiger partial charge in [0.05, 0.1) is 11.4 Å². The lowest BCUT2D eigenvalue weighted by Gasteiger charge is -2.27. The van der Waals surface area contributed by atoms with E-state index in [-0.39, 0.29) is 5.91 Å². The molecule has 3 rings (SSSR count). The van der Waals surface area contributed by atoms with Gasteiger partial charge in [-0.05, 0) is 38.3 Å². The average molecular weight is 359 g/mol. The van der Waals surface area contributed by atoms with E-state index in [2.05, 4.69) is 50.9 Å². The molecular formula is C18H25N5OS. The zero-order valence-corrected chi connectivity index (χ0v) is 15.9. The van der Waals surface area contributed by atoms with Crippen LogP contribution in [-0.4, -0.2) is 58.5 Å². The fourth-order valence-corrected chi connectivity index (χ4v) is 3.76. The van der Waals surface area contributed by atoms with Crippen molar-refractivity contribution in [3.8, 4) is 5.69 Å². The predicted octanol–water partition coefficient (Wildman–Crippen LogP) is 2.75. The number of thioether (sulfide) groups is 1. The van der Waals surface area contributed by atoms with Gasteiger partial charge in [0.15, 0.2) is 5.16 Å². The maximum Gasteiger partial charge on any atom is 0.232 e. The molecule has 0 unspecified atom stereocenters. The fourth-order valence-electron chi connectivity index (χ4n) is 2.83. The molecule has 1 fully saturated rings. The molecule has 6 nitrogen and oxygen atoms in total. The van der Waals surface area contributed by atoms with Crippen molar-refractivity contribution in [1.82, 2.24) is 19.7 Å². The molecular weight excluding hydrogens is 334 g/mol. The molecule has 7 heteroatoms. The Kier molecular flexibility index (Phi) is 5.63. The molecule has 1 saturated heterocycles. The molecule has 1 aliphatic heterocycles. The Morgan fingerprint density at radius 1 is 1.12 bits per heavy atom. The van der Waals surface area contributed by atoms with Crippen LogP contribution in [-0.2, 0) is 4.79 Å². The maximum atomic E-state index is 12.0.